The van der Waals surface area contributed by atoms with E-state index in [9.17, 15) is 0 Å². The van der Waals surface area contributed by atoms with Gasteiger partial charge in [0.25, 0.3) is 0 Å². The van der Waals surface area contributed by atoms with Crippen LogP contribution in [0.1, 0.15) is 0 Å². The maximum absolute atomic E-state index is 6.23. The first-order chi connectivity index (χ1) is 16.5. The maximum Gasteiger partial charge on any atom is 0.221 e. The highest BCUT2D eigenvalue weighted by Gasteiger charge is 2.18. The van der Waals surface area contributed by atoms with E-state index in [2.05, 4.69) is 25.9 Å². The minimum Gasteiger partial charge on any atom is -0.497 e. The van der Waals surface area contributed by atoms with E-state index in [1.807, 2.05) is 85.1 Å². The first kappa shape index (κ1) is 22.1. The quantitative estimate of drug-likeness (QED) is 0.273. The summed E-state index contributed by atoms with van der Waals surface area (Å²) in [6, 6.07) is 25.1. The highest BCUT2D eigenvalue weighted by Crippen LogP contribution is 2.34. The minimum absolute atomic E-state index is 0.187. The monoisotopic (exact) mass is 531 g/mol. The van der Waals surface area contributed by atoms with Crippen molar-refractivity contribution in [3.8, 4) is 45.2 Å². The fraction of sp³-hybridized carbons (Fsp3) is 0.0385. The third-order valence-electron chi connectivity index (χ3n) is 5.31. The average molecular weight is 533 g/mol. The molecule has 0 atom stereocenters. The molecule has 0 spiro atoms. The van der Waals surface area contributed by atoms with Gasteiger partial charge in [-0.25, -0.2) is 14.6 Å². The van der Waals surface area contributed by atoms with Crippen LogP contribution in [0.15, 0.2) is 89.5 Å². The number of nitrogen functional groups attached to an aromatic ring is 1. The number of methoxy groups -OCH3 is 1. The maximum atomic E-state index is 6.23. The molecule has 8 heteroatoms. The Morgan fingerprint density at radius 1 is 0.882 bits per heavy atom. The van der Waals surface area contributed by atoms with Crippen molar-refractivity contribution in [3.05, 3.63) is 94.6 Å². The normalized spacial score (nSPS) is 10.9. The van der Waals surface area contributed by atoms with Gasteiger partial charge in [-0.05, 0) is 60.7 Å². The Bertz CT molecular complexity index is 1470. The van der Waals surface area contributed by atoms with Crippen LogP contribution in [0.3, 0.4) is 0 Å². The summed E-state index contributed by atoms with van der Waals surface area (Å²) >= 11 is 9.71. The van der Waals surface area contributed by atoms with Crippen LogP contribution in [0.5, 0.6) is 5.75 Å². The van der Waals surface area contributed by atoms with Crippen molar-refractivity contribution in [2.24, 2.45) is 0 Å². The van der Waals surface area contributed by atoms with Crippen molar-refractivity contribution >= 4 is 33.5 Å². The summed E-state index contributed by atoms with van der Waals surface area (Å²) in [6.45, 7) is 0. The van der Waals surface area contributed by atoms with Crippen LogP contribution in [0.4, 0.5) is 5.95 Å². The van der Waals surface area contributed by atoms with Gasteiger partial charge in [0, 0.05) is 32.4 Å². The molecule has 168 valence electrons. The van der Waals surface area contributed by atoms with Gasteiger partial charge < -0.3 is 10.5 Å². The number of nitrogens with zero attached hydrogens (tertiary/aromatic N) is 4. The molecular formula is C26H19BrClN5O. The standard InChI is InChI=1S/C26H19BrClN5O/c1-34-21-11-7-17(8-12-21)25-22(15-33(32-25)20-4-2-3-19(28)13-20)24-14-23(30-26(29)31-24)16-5-9-18(27)10-6-16/h2-15H,1H3,(H2,29,30,31). The van der Waals surface area contributed by atoms with Gasteiger partial charge in [-0.2, -0.15) is 5.10 Å². The third-order valence-corrected chi connectivity index (χ3v) is 6.07. The molecule has 0 aliphatic rings. The van der Waals surface area contributed by atoms with E-state index in [-0.39, 0.29) is 5.95 Å². The van der Waals surface area contributed by atoms with E-state index >= 15 is 0 Å². The number of halogens is 2. The van der Waals surface area contributed by atoms with Crippen LogP contribution in [0.25, 0.3) is 39.5 Å². The predicted octanol–water partition coefficient (Wildman–Crippen LogP) is 6.67. The molecule has 6 nitrogen and oxygen atoms in total. The van der Waals surface area contributed by atoms with E-state index < -0.39 is 0 Å². The highest BCUT2D eigenvalue weighted by atomic mass is 79.9. The van der Waals surface area contributed by atoms with Gasteiger partial charge in [-0.1, -0.05) is 45.7 Å². The van der Waals surface area contributed by atoms with Crippen LogP contribution in [0, 0.1) is 0 Å². The van der Waals surface area contributed by atoms with Crippen molar-refractivity contribution in [1.82, 2.24) is 19.7 Å². The van der Waals surface area contributed by atoms with Gasteiger partial charge in [0.1, 0.15) is 11.4 Å². The third kappa shape index (κ3) is 4.53. The topological polar surface area (TPSA) is 78.8 Å². The number of benzene rings is 3. The molecule has 5 aromatic rings. The zero-order valence-corrected chi connectivity index (χ0v) is 20.5. The van der Waals surface area contributed by atoms with Gasteiger partial charge in [0.15, 0.2) is 0 Å². The zero-order chi connectivity index (χ0) is 23.7. The zero-order valence-electron chi connectivity index (χ0n) is 18.1. The van der Waals surface area contributed by atoms with Gasteiger partial charge >= 0.3 is 0 Å². The van der Waals surface area contributed by atoms with Crippen LogP contribution in [-0.2, 0) is 0 Å². The second kappa shape index (κ2) is 9.29. The van der Waals surface area contributed by atoms with Crippen molar-refractivity contribution in [3.63, 3.8) is 0 Å². The lowest BCUT2D eigenvalue weighted by atomic mass is 10.0. The molecule has 0 saturated carbocycles. The number of nitrogens with two attached hydrogens (primary N) is 1. The molecule has 2 heterocycles. The molecule has 34 heavy (non-hydrogen) atoms. The lowest BCUT2D eigenvalue weighted by molar-refractivity contribution is 0.415. The molecule has 2 N–H and O–H groups in total. The number of ether oxygens (including phenoxy) is 1. The molecule has 0 saturated heterocycles. The van der Waals surface area contributed by atoms with Crippen LogP contribution in [-0.4, -0.2) is 26.9 Å². The summed E-state index contributed by atoms with van der Waals surface area (Å²) in [7, 11) is 1.64. The molecule has 0 bridgehead atoms. The molecule has 3 aromatic carbocycles. The Kier molecular flexibility index (Phi) is 6.04. The Balaban J connectivity index is 1.68. The number of aromatic nitrogens is 4. The highest BCUT2D eigenvalue weighted by molar-refractivity contribution is 9.10. The van der Waals surface area contributed by atoms with Crippen LogP contribution in [0.2, 0.25) is 5.02 Å². The molecule has 0 aliphatic carbocycles. The molecule has 2 aromatic heterocycles. The summed E-state index contributed by atoms with van der Waals surface area (Å²) < 4.78 is 8.09. The van der Waals surface area contributed by atoms with Gasteiger partial charge in [0.2, 0.25) is 5.95 Å². The van der Waals surface area contributed by atoms with E-state index in [0.717, 1.165) is 44.0 Å². The van der Waals surface area contributed by atoms with Crippen molar-refractivity contribution in [2.75, 3.05) is 12.8 Å². The van der Waals surface area contributed by atoms with Crippen molar-refractivity contribution in [2.45, 2.75) is 0 Å². The number of anilines is 1. The number of hydrogen-bond acceptors (Lipinski definition) is 5. The summed E-state index contributed by atoms with van der Waals surface area (Å²) in [5, 5.41) is 5.51. The van der Waals surface area contributed by atoms with Crippen LogP contribution < -0.4 is 10.5 Å². The predicted molar refractivity (Wildman–Crippen MR) is 139 cm³/mol. The molecule has 0 radical (unpaired) electrons. The van der Waals surface area contributed by atoms with E-state index in [4.69, 9.17) is 27.2 Å². The van der Waals surface area contributed by atoms with Crippen LogP contribution >= 0.6 is 27.5 Å². The Labute approximate surface area is 210 Å². The molecular weight excluding hydrogens is 514 g/mol. The minimum atomic E-state index is 0.187. The second-order valence-electron chi connectivity index (χ2n) is 7.55. The molecule has 5 rings (SSSR count). The summed E-state index contributed by atoms with van der Waals surface area (Å²) in [5.41, 5.74) is 11.8. The van der Waals surface area contributed by atoms with Crippen molar-refractivity contribution < 1.29 is 4.74 Å². The first-order valence-corrected chi connectivity index (χ1v) is 11.6. The lowest BCUT2D eigenvalue weighted by Crippen LogP contribution is -1.99. The fourth-order valence-corrected chi connectivity index (χ4v) is 4.10. The Morgan fingerprint density at radius 2 is 1.59 bits per heavy atom. The first-order valence-electron chi connectivity index (χ1n) is 10.4. The van der Waals surface area contributed by atoms with Gasteiger partial charge in [-0.3, -0.25) is 0 Å². The SMILES string of the molecule is COc1ccc(-c2nn(-c3cccc(Cl)c3)cc2-c2cc(-c3ccc(Br)cc3)nc(N)n2)cc1. The van der Waals surface area contributed by atoms with Crippen molar-refractivity contribution in [1.29, 1.82) is 0 Å². The summed E-state index contributed by atoms with van der Waals surface area (Å²) in [5.74, 6) is 0.954. The van der Waals surface area contributed by atoms with E-state index in [1.54, 1.807) is 11.8 Å². The summed E-state index contributed by atoms with van der Waals surface area (Å²) in [6.07, 6.45) is 1.93. The largest absolute Gasteiger partial charge is 0.497 e. The second-order valence-corrected chi connectivity index (χ2v) is 8.90. The number of rotatable bonds is 5. The smallest absolute Gasteiger partial charge is 0.221 e. The molecule has 0 aliphatic heterocycles. The van der Waals surface area contributed by atoms with Gasteiger partial charge in [-0.15, -0.1) is 0 Å². The fourth-order valence-electron chi connectivity index (χ4n) is 3.65. The average Bonchev–Trinajstić information content (AvgIpc) is 3.30. The van der Waals surface area contributed by atoms with E-state index in [0.29, 0.717) is 10.7 Å². The summed E-state index contributed by atoms with van der Waals surface area (Å²) in [4.78, 5) is 9.00. The Hall–Kier alpha value is -3.68. The molecule has 0 fully saturated rings. The Morgan fingerprint density at radius 3 is 2.29 bits per heavy atom. The van der Waals surface area contributed by atoms with E-state index in [1.165, 1.54) is 0 Å². The molecule has 0 unspecified atom stereocenters. The lowest BCUT2D eigenvalue weighted by Gasteiger charge is -2.07. The molecule has 0 amide bonds. The van der Waals surface area contributed by atoms with Gasteiger partial charge in [0.05, 0.1) is 24.2 Å². The number of hydrogen-bond donors (Lipinski definition) is 1.